The number of carbonyl (C=O) groups excluding carboxylic acids is 1. The van der Waals surface area contributed by atoms with Crippen LogP contribution in [0.1, 0.15) is 24.8 Å². The second-order valence-electron chi connectivity index (χ2n) is 9.62. The summed E-state index contributed by atoms with van der Waals surface area (Å²) in [5.41, 5.74) is -3.49. The topological polar surface area (TPSA) is 69.7 Å². The van der Waals surface area contributed by atoms with Crippen molar-refractivity contribution in [2.24, 2.45) is 11.3 Å². The Morgan fingerprint density at radius 2 is 1.71 bits per heavy atom. The number of amides is 2. The lowest BCUT2D eigenvalue weighted by Crippen LogP contribution is -2.73. The summed E-state index contributed by atoms with van der Waals surface area (Å²) < 4.78 is 63.2. The van der Waals surface area contributed by atoms with Gasteiger partial charge >= 0.3 is 11.5 Å². The molecule has 0 unspecified atom stereocenters. The first-order valence-electron chi connectivity index (χ1n) is 10.3. The molecular weight excluding hydrogens is 451 g/mol. The van der Waals surface area contributed by atoms with Gasteiger partial charge in [-0.25, -0.2) is 17.9 Å². The molecule has 4 aliphatic rings. The number of urea groups is 1. The van der Waals surface area contributed by atoms with Gasteiger partial charge < -0.3 is 9.80 Å². The van der Waals surface area contributed by atoms with E-state index >= 15 is 0 Å². The van der Waals surface area contributed by atoms with Crippen molar-refractivity contribution in [3.05, 3.63) is 29.8 Å². The molecule has 1 aliphatic carbocycles. The lowest BCUT2D eigenvalue weighted by molar-refractivity contribution is -0.0822. The molecule has 0 atom stereocenters. The Kier molecular flexibility index (Phi) is 4.84. The average Bonchev–Trinajstić information content (AvgIpc) is 2.90. The number of likely N-dealkylation sites (tertiary alicyclic amines) is 2. The normalized spacial score (nSPS) is 25.9. The smallest absolute Gasteiger partial charge is 0.323 e. The number of sulfonamides is 1. The number of nitrogens with one attached hydrogen (secondary N) is 1. The first kappa shape index (κ1) is 21.4. The Labute approximate surface area is 183 Å². The van der Waals surface area contributed by atoms with Gasteiger partial charge in [0.1, 0.15) is 0 Å². The molecule has 3 saturated heterocycles. The second kappa shape index (κ2) is 7.02. The molecule has 1 aromatic carbocycles. The van der Waals surface area contributed by atoms with Gasteiger partial charge in [0.05, 0.1) is 11.3 Å². The standard InChI is InChI=1S/C20H24F3N3O3S2/c21-20(22,23)30-16-3-1-14(2-4-16)7-15-8-18(9-15)10-25(11-18)17(27)26-12-19(13-26)5-6-31(28,29)24-19/h1-4,15,24H,5-13H2. The number of hydrogen-bond donors (Lipinski definition) is 1. The van der Waals surface area contributed by atoms with Crippen molar-refractivity contribution in [3.8, 4) is 0 Å². The van der Waals surface area contributed by atoms with Gasteiger partial charge in [0.2, 0.25) is 10.0 Å². The van der Waals surface area contributed by atoms with Crippen LogP contribution in [0.15, 0.2) is 29.2 Å². The number of rotatable bonds is 3. The van der Waals surface area contributed by atoms with Gasteiger partial charge in [-0.2, -0.15) is 13.2 Å². The van der Waals surface area contributed by atoms with Gasteiger partial charge in [0, 0.05) is 36.5 Å². The molecule has 0 radical (unpaired) electrons. The molecule has 2 spiro atoms. The number of nitrogens with zero attached hydrogens (tertiary/aromatic N) is 2. The van der Waals surface area contributed by atoms with Crippen LogP contribution in [0.3, 0.4) is 0 Å². The van der Waals surface area contributed by atoms with Crippen LogP contribution in [0.5, 0.6) is 0 Å². The lowest BCUT2D eigenvalue weighted by Gasteiger charge is -2.61. The molecule has 11 heteroatoms. The zero-order valence-electron chi connectivity index (χ0n) is 16.8. The van der Waals surface area contributed by atoms with Crippen molar-refractivity contribution in [2.75, 3.05) is 31.9 Å². The van der Waals surface area contributed by atoms with Gasteiger partial charge in [0.15, 0.2) is 0 Å². The molecule has 1 N–H and O–H groups in total. The summed E-state index contributed by atoms with van der Waals surface area (Å²) in [5.74, 6) is 0.631. The van der Waals surface area contributed by atoms with Crippen molar-refractivity contribution in [1.82, 2.24) is 14.5 Å². The van der Waals surface area contributed by atoms with Crippen LogP contribution in [0, 0.1) is 11.3 Å². The highest BCUT2D eigenvalue weighted by atomic mass is 32.2. The molecule has 170 valence electrons. The highest BCUT2D eigenvalue weighted by molar-refractivity contribution is 8.00. The fourth-order valence-corrected chi connectivity index (χ4v) is 7.82. The van der Waals surface area contributed by atoms with Crippen molar-refractivity contribution in [1.29, 1.82) is 0 Å². The van der Waals surface area contributed by atoms with E-state index in [4.69, 9.17) is 0 Å². The van der Waals surface area contributed by atoms with Crippen LogP contribution in [0.4, 0.5) is 18.0 Å². The average molecular weight is 476 g/mol. The molecule has 4 fully saturated rings. The van der Waals surface area contributed by atoms with Gasteiger partial charge in [0.25, 0.3) is 0 Å². The lowest BCUT2D eigenvalue weighted by atomic mass is 9.56. The highest BCUT2D eigenvalue weighted by Gasteiger charge is 2.57. The van der Waals surface area contributed by atoms with E-state index in [0.717, 1.165) is 37.9 Å². The summed E-state index contributed by atoms with van der Waals surface area (Å²) in [4.78, 5) is 16.4. The summed E-state index contributed by atoms with van der Waals surface area (Å²) >= 11 is -0.0968. The summed E-state index contributed by atoms with van der Waals surface area (Å²) in [7, 11) is -3.18. The third kappa shape index (κ3) is 4.28. The fraction of sp³-hybridized carbons (Fsp3) is 0.650. The monoisotopic (exact) mass is 475 g/mol. The summed E-state index contributed by atoms with van der Waals surface area (Å²) in [6, 6.07) is 6.58. The maximum atomic E-state index is 12.6. The van der Waals surface area contributed by atoms with Crippen LogP contribution in [0.2, 0.25) is 0 Å². The second-order valence-corrected chi connectivity index (χ2v) is 12.6. The number of alkyl halides is 3. The first-order chi connectivity index (χ1) is 14.4. The van der Waals surface area contributed by atoms with Crippen LogP contribution in [0.25, 0.3) is 0 Å². The predicted molar refractivity (Wildman–Crippen MR) is 110 cm³/mol. The van der Waals surface area contributed by atoms with E-state index in [9.17, 15) is 26.4 Å². The van der Waals surface area contributed by atoms with E-state index in [1.807, 2.05) is 4.90 Å². The molecule has 2 amide bonds. The Bertz CT molecular complexity index is 977. The van der Waals surface area contributed by atoms with E-state index < -0.39 is 21.1 Å². The minimum atomic E-state index is -4.27. The molecular formula is C20H24F3N3O3S2. The van der Waals surface area contributed by atoms with Crippen LogP contribution in [-0.4, -0.2) is 67.2 Å². The molecule has 3 aliphatic heterocycles. The molecule has 1 saturated carbocycles. The number of hydrogen-bond acceptors (Lipinski definition) is 4. The molecule has 0 aromatic heterocycles. The van der Waals surface area contributed by atoms with E-state index in [0.29, 0.717) is 25.4 Å². The summed E-state index contributed by atoms with van der Waals surface area (Å²) in [6.45, 7) is 2.36. The molecule has 5 rings (SSSR count). The summed E-state index contributed by atoms with van der Waals surface area (Å²) in [5, 5.41) is 0. The van der Waals surface area contributed by atoms with Crippen molar-refractivity contribution < 1.29 is 26.4 Å². The third-order valence-electron chi connectivity index (χ3n) is 6.93. The van der Waals surface area contributed by atoms with Gasteiger partial charge in [-0.05, 0) is 61.1 Å². The number of benzene rings is 1. The van der Waals surface area contributed by atoms with Crippen LogP contribution >= 0.6 is 11.8 Å². The summed E-state index contributed by atoms with van der Waals surface area (Å²) in [6.07, 6.45) is 3.46. The predicted octanol–water partition coefficient (Wildman–Crippen LogP) is 3.05. The molecule has 1 aromatic rings. The molecule has 0 bridgehead atoms. The fourth-order valence-electron chi connectivity index (χ4n) is 5.63. The van der Waals surface area contributed by atoms with Gasteiger partial charge in [-0.15, -0.1) is 0 Å². The zero-order valence-corrected chi connectivity index (χ0v) is 18.5. The maximum absolute atomic E-state index is 12.6. The minimum Gasteiger partial charge on any atom is -0.323 e. The Morgan fingerprint density at radius 1 is 1.10 bits per heavy atom. The Balaban J connectivity index is 1.05. The number of thioether (sulfide) groups is 1. The first-order valence-corrected chi connectivity index (χ1v) is 12.8. The largest absolute Gasteiger partial charge is 0.446 e. The SMILES string of the molecule is O=C(N1CC2(CC(Cc3ccc(SC(F)(F)F)cc3)C2)C1)N1CC2(CCS(=O)(=O)N2)C1. The minimum absolute atomic E-state index is 0.0106. The molecule has 6 nitrogen and oxygen atoms in total. The van der Waals surface area contributed by atoms with E-state index in [2.05, 4.69) is 4.72 Å². The van der Waals surface area contributed by atoms with Crippen molar-refractivity contribution in [3.63, 3.8) is 0 Å². The van der Waals surface area contributed by atoms with E-state index in [-0.39, 0.29) is 33.9 Å². The molecule has 3 heterocycles. The van der Waals surface area contributed by atoms with Crippen molar-refractivity contribution in [2.45, 2.75) is 41.6 Å². The van der Waals surface area contributed by atoms with Gasteiger partial charge in [-0.1, -0.05) is 12.1 Å². The molecule has 31 heavy (non-hydrogen) atoms. The van der Waals surface area contributed by atoms with E-state index in [1.165, 1.54) is 12.1 Å². The number of carbonyl (C=O) groups is 1. The van der Waals surface area contributed by atoms with Crippen LogP contribution < -0.4 is 4.72 Å². The zero-order chi connectivity index (χ0) is 22.1. The van der Waals surface area contributed by atoms with Crippen molar-refractivity contribution >= 4 is 27.8 Å². The Morgan fingerprint density at radius 3 is 2.26 bits per heavy atom. The van der Waals surface area contributed by atoms with Crippen LogP contribution in [-0.2, 0) is 16.4 Å². The van der Waals surface area contributed by atoms with Gasteiger partial charge in [-0.3, -0.25) is 0 Å². The Hall–Kier alpha value is -1.46. The highest BCUT2D eigenvalue weighted by Crippen LogP contribution is 2.53. The maximum Gasteiger partial charge on any atom is 0.446 e. The third-order valence-corrected chi connectivity index (χ3v) is 9.15. The number of halogens is 3. The quantitative estimate of drug-likeness (QED) is 0.683. The van der Waals surface area contributed by atoms with E-state index in [1.54, 1.807) is 17.0 Å².